The summed E-state index contributed by atoms with van der Waals surface area (Å²) in [5.41, 5.74) is 0. The van der Waals surface area contributed by atoms with Crippen molar-refractivity contribution >= 4 is 17.1 Å². The van der Waals surface area contributed by atoms with Gasteiger partial charge in [-0.1, -0.05) is 83.1 Å². The molecule has 0 aliphatic carbocycles. The van der Waals surface area contributed by atoms with E-state index in [0.717, 1.165) is 0 Å². The van der Waals surface area contributed by atoms with Gasteiger partial charge in [0.2, 0.25) is 0 Å². The maximum absolute atomic E-state index is 6.97. The number of hydrogen-bond acceptors (Lipinski definition) is 5. The summed E-state index contributed by atoms with van der Waals surface area (Å²) in [7, 11) is -5.17. The van der Waals surface area contributed by atoms with Crippen molar-refractivity contribution in [3.63, 3.8) is 0 Å². The molecule has 0 amide bonds. The highest BCUT2D eigenvalue weighted by molar-refractivity contribution is 6.74. The van der Waals surface area contributed by atoms with Crippen molar-refractivity contribution < 1.29 is 22.4 Å². The maximum atomic E-state index is 6.97. The van der Waals surface area contributed by atoms with Crippen LogP contribution >= 0.6 is 0 Å². The van der Waals surface area contributed by atoms with Crippen molar-refractivity contribution in [1.82, 2.24) is 0 Å². The van der Waals surface area contributed by atoms with E-state index in [1.807, 2.05) is 0 Å². The van der Waals surface area contributed by atoms with E-state index in [1.54, 1.807) is 0 Å². The third-order valence-corrected chi connectivity index (χ3v) is 16.8. The summed E-state index contributed by atoms with van der Waals surface area (Å²) in [5, 5.41) is -0.271. The molecular weight excluding hydrogens is 388 g/mol. The normalized spacial score (nSPS) is 35.6. The molecule has 3 fully saturated rings. The first-order valence-electron chi connectivity index (χ1n) is 10.7. The summed E-state index contributed by atoms with van der Waals surface area (Å²) in [5.74, 6) is 0. The van der Waals surface area contributed by atoms with Crippen LogP contribution < -0.4 is 0 Å². The van der Waals surface area contributed by atoms with Crippen LogP contribution in [0.5, 0.6) is 0 Å². The lowest BCUT2D eigenvalue weighted by Crippen LogP contribution is -2.56. The summed E-state index contributed by atoms with van der Waals surface area (Å²) < 4.78 is 33.6. The summed E-state index contributed by atoms with van der Waals surface area (Å²) in [6.45, 7) is 27.4. The predicted octanol–water partition coefficient (Wildman–Crippen LogP) is 5.63. The Labute approximate surface area is 174 Å². The SMILES string of the molecule is CC(C)(C)[Si]1(C(C)(C)C)O[C@@H]2OC[C@H]3O[Si](C(C)(C)C)(C(C)(C)C)O[C@H]3[C@@H]2O1. The van der Waals surface area contributed by atoms with Gasteiger partial charge in [-0.2, -0.15) is 0 Å². The molecule has 0 aromatic carbocycles. The molecule has 3 heterocycles. The van der Waals surface area contributed by atoms with Gasteiger partial charge >= 0.3 is 17.1 Å². The summed E-state index contributed by atoms with van der Waals surface area (Å²) >= 11 is 0. The van der Waals surface area contributed by atoms with E-state index in [0.29, 0.717) is 6.61 Å². The van der Waals surface area contributed by atoms with Gasteiger partial charge in [0, 0.05) is 20.2 Å². The Morgan fingerprint density at radius 1 is 0.536 bits per heavy atom. The van der Waals surface area contributed by atoms with Gasteiger partial charge in [0.05, 0.1) is 12.7 Å². The molecule has 28 heavy (non-hydrogen) atoms. The van der Waals surface area contributed by atoms with Crippen molar-refractivity contribution in [2.75, 3.05) is 6.61 Å². The first kappa shape index (κ1) is 22.9. The molecule has 0 saturated carbocycles. The Balaban J connectivity index is 1.99. The predicted molar refractivity (Wildman–Crippen MR) is 116 cm³/mol. The second-order valence-corrected chi connectivity index (χ2v) is 22.3. The van der Waals surface area contributed by atoms with Crippen LogP contribution in [0.3, 0.4) is 0 Å². The van der Waals surface area contributed by atoms with Gasteiger partial charge in [-0.05, 0) is 0 Å². The van der Waals surface area contributed by atoms with E-state index in [1.165, 1.54) is 0 Å². The minimum absolute atomic E-state index is 0.0554. The number of fused-ring (bicyclic) bond motifs is 3. The molecule has 3 aliphatic rings. The molecule has 0 spiro atoms. The highest BCUT2D eigenvalue weighted by atomic mass is 28.4. The minimum Gasteiger partial charge on any atom is -0.385 e. The van der Waals surface area contributed by atoms with Gasteiger partial charge in [0.1, 0.15) is 12.2 Å². The Morgan fingerprint density at radius 2 is 0.929 bits per heavy atom. The summed E-state index contributed by atoms with van der Waals surface area (Å²) in [6.07, 6.45) is -0.787. The smallest absolute Gasteiger partial charge is 0.351 e. The minimum atomic E-state index is -2.61. The third kappa shape index (κ3) is 3.11. The number of ether oxygens (including phenoxy) is 1. The molecule has 3 rings (SSSR count). The Kier molecular flexibility index (Phi) is 5.21. The highest BCUT2D eigenvalue weighted by Crippen LogP contribution is 2.61. The monoisotopic (exact) mass is 430 g/mol. The van der Waals surface area contributed by atoms with Crippen molar-refractivity contribution in [3.05, 3.63) is 0 Å². The van der Waals surface area contributed by atoms with Crippen molar-refractivity contribution in [3.8, 4) is 0 Å². The van der Waals surface area contributed by atoms with Gasteiger partial charge in [0.25, 0.3) is 0 Å². The van der Waals surface area contributed by atoms with Crippen molar-refractivity contribution in [2.45, 2.75) is 128 Å². The standard InChI is InChI=1S/C21H42O5Si2/c1-18(2,3)27(19(4,5)6)23-14-13-22-17-16(15(14)24-27)25-28(26-17,20(7,8)9)21(10,11)12/h14-17H,13H2,1-12H3/t14-,15-,16+,17+/m1/s1. The van der Waals surface area contributed by atoms with Crippen molar-refractivity contribution in [1.29, 1.82) is 0 Å². The molecule has 0 bridgehead atoms. The van der Waals surface area contributed by atoms with Crippen LogP contribution in [0.15, 0.2) is 0 Å². The maximum Gasteiger partial charge on any atom is 0.351 e. The molecule has 7 heteroatoms. The summed E-state index contributed by atoms with van der Waals surface area (Å²) in [4.78, 5) is 0. The van der Waals surface area contributed by atoms with Crippen molar-refractivity contribution in [2.24, 2.45) is 0 Å². The Bertz CT molecular complexity index is 526. The molecule has 3 saturated heterocycles. The molecule has 5 nitrogen and oxygen atoms in total. The second kappa shape index (κ2) is 6.37. The van der Waals surface area contributed by atoms with Gasteiger partial charge in [0.15, 0.2) is 6.29 Å². The molecule has 0 radical (unpaired) electrons. The first-order valence-corrected chi connectivity index (χ1v) is 14.3. The zero-order chi connectivity index (χ0) is 21.6. The van der Waals surface area contributed by atoms with Gasteiger partial charge in [-0.3, -0.25) is 0 Å². The molecule has 4 atom stereocenters. The van der Waals surface area contributed by atoms with Crippen LogP contribution in [0.4, 0.5) is 0 Å². The lowest BCUT2D eigenvalue weighted by atomic mass is 10.1. The molecule has 0 unspecified atom stereocenters. The molecule has 164 valence electrons. The van der Waals surface area contributed by atoms with E-state index in [2.05, 4.69) is 83.1 Å². The molecule has 0 aromatic rings. The lowest BCUT2D eigenvalue weighted by molar-refractivity contribution is -0.177. The average Bonchev–Trinajstić information content (AvgIpc) is 3.04. The molecule has 3 aliphatic heterocycles. The fourth-order valence-corrected chi connectivity index (χ4v) is 15.6. The Morgan fingerprint density at radius 3 is 1.36 bits per heavy atom. The highest BCUT2D eigenvalue weighted by Gasteiger charge is 2.72. The van der Waals surface area contributed by atoms with Crippen LogP contribution in [0.1, 0.15) is 83.1 Å². The average molecular weight is 431 g/mol. The second-order valence-electron chi connectivity index (χ2n) is 12.9. The van der Waals surface area contributed by atoms with Crippen LogP contribution in [-0.4, -0.2) is 48.3 Å². The molecule has 0 aromatic heterocycles. The number of rotatable bonds is 0. The number of hydrogen-bond donors (Lipinski definition) is 0. The largest absolute Gasteiger partial charge is 0.385 e. The van der Waals surface area contributed by atoms with Crippen LogP contribution in [0, 0.1) is 0 Å². The van der Waals surface area contributed by atoms with Crippen LogP contribution in [0.25, 0.3) is 0 Å². The van der Waals surface area contributed by atoms with E-state index < -0.39 is 17.1 Å². The summed E-state index contributed by atoms with van der Waals surface area (Å²) in [6, 6.07) is 0. The molecular formula is C21H42O5Si2. The zero-order valence-electron chi connectivity index (χ0n) is 20.1. The van der Waals surface area contributed by atoms with Gasteiger partial charge < -0.3 is 22.4 Å². The fourth-order valence-electron chi connectivity index (χ4n) is 5.69. The quantitative estimate of drug-likeness (QED) is 0.466. The van der Waals surface area contributed by atoms with E-state index in [-0.39, 0.29) is 44.8 Å². The van der Waals surface area contributed by atoms with E-state index in [4.69, 9.17) is 22.4 Å². The lowest BCUT2D eigenvalue weighted by Gasteiger charge is -2.46. The van der Waals surface area contributed by atoms with Crippen LogP contribution in [-0.2, 0) is 22.4 Å². The third-order valence-electron chi connectivity index (χ3n) is 6.54. The fraction of sp³-hybridized carbons (Fsp3) is 1.00. The van der Waals surface area contributed by atoms with Gasteiger partial charge in [-0.15, -0.1) is 0 Å². The van der Waals surface area contributed by atoms with E-state index in [9.17, 15) is 0 Å². The first-order chi connectivity index (χ1) is 12.4. The Hall–Kier alpha value is 0.234. The molecule has 0 N–H and O–H groups in total. The zero-order valence-corrected chi connectivity index (χ0v) is 22.1. The van der Waals surface area contributed by atoms with Crippen LogP contribution in [0.2, 0.25) is 20.2 Å². The van der Waals surface area contributed by atoms with E-state index >= 15 is 0 Å². The topological polar surface area (TPSA) is 46.2 Å². The van der Waals surface area contributed by atoms with Gasteiger partial charge in [-0.25, -0.2) is 0 Å².